The first kappa shape index (κ1) is 24.1. The molecule has 1 fully saturated rings. The lowest BCUT2D eigenvalue weighted by Gasteiger charge is -2.16. The van der Waals surface area contributed by atoms with Gasteiger partial charge in [0.05, 0.1) is 25.6 Å². The maximum absolute atomic E-state index is 12.2. The number of pyridine rings is 1. The minimum absolute atomic E-state index is 0.0532. The fourth-order valence-electron chi connectivity index (χ4n) is 3.50. The van der Waals surface area contributed by atoms with Gasteiger partial charge < -0.3 is 30.1 Å². The molecule has 0 amide bonds. The van der Waals surface area contributed by atoms with E-state index >= 15 is 0 Å². The number of ether oxygens (including phenoxy) is 2. The van der Waals surface area contributed by atoms with Crippen molar-refractivity contribution in [3.63, 3.8) is 0 Å². The molecule has 3 atom stereocenters. The average Bonchev–Trinajstić information content (AvgIpc) is 3.38. The standard InChI is InChI=1S/C19H23N6O8P/c20-19-23-17-16(18(24-19)31-6-2-4-12(26)11-3-1-5-21-8-11)22-10-25(17)15-7-13(27)14(33-15)9-32-34(28,29)30/h1,3,5,8,10,13-15,27H,2,4,6-7,9H2,(H2,20,23,24)(H2,28,29,30)/t13-,14+,15+/m0/s1. The summed E-state index contributed by atoms with van der Waals surface area (Å²) in [7, 11) is -4.70. The first-order valence-electron chi connectivity index (χ1n) is 10.3. The van der Waals surface area contributed by atoms with Gasteiger partial charge in [0, 0.05) is 30.8 Å². The van der Waals surface area contributed by atoms with Crippen LogP contribution in [0.25, 0.3) is 11.2 Å². The van der Waals surface area contributed by atoms with Crippen molar-refractivity contribution in [2.24, 2.45) is 0 Å². The second kappa shape index (κ2) is 10.1. The molecule has 0 aromatic carbocycles. The number of aliphatic hydroxyl groups excluding tert-OH is 1. The largest absolute Gasteiger partial charge is 0.476 e. The molecule has 1 aliphatic heterocycles. The SMILES string of the molecule is Nc1nc(OCCCC(=O)c2cccnc2)c2ncn([C@H]3C[C@H](O)[C@@H](COP(=O)(O)O)O3)c2n1. The number of carbonyl (C=O) groups is 1. The molecule has 4 heterocycles. The molecule has 0 radical (unpaired) electrons. The highest BCUT2D eigenvalue weighted by atomic mass is 31.2. The number of phosphoric acid groups is 1. The van der Waals surface area contributed by atoms with Crippen LogP contribution < -0.4 is 10.5 Å². The van der Waals surface area contributed by atoms with E-state index in [0.717, 1.165) is 0 Å². The smallest absolute Gasteiger partial charge is 0.469 e. The van der Waals surface area contributed by atoms with Crippen LogP contribution >= 0.6 is 7.82 Å². The lowest BCUT2D eigenvalue weighted by Crippen LogP contribution is -2.25. The zero-order valence-corrected chi connectivity index (χ0v) is 18.7. The monoisotopic (exact) mass is 494 g/mol. The highest BCUT2D eigenvalue weighted by Crippen LogP contribution is 2.39. The summed E-state index contributed by atoms with van der Waals surface area (Å²) in [5.41, 5.74) is 6.96. The normalized spacial score (nSPS) is 20.6. The van der Waals surface area contributed by atoms with E-state index in [9.17, 15) is 14.5 Å². The van der Waals surface area contributed by atoms with Crippen LogP contribution in [0, 0.1) is 0 Å². The van der Waals surface area contributed by atoms with Crippen molar-refractivity contribution in [3.05, 3.63) is 36.4 Å². The lowest BCUT2D eigenvalue weighted by molar-refractivity contribution is -0.0424. The van der Waals surface area contributed by atoms with Crippen LogP contribution in [0.15, 0.2) is 30.9 Å². The van der Waals surface area contributed by atoms with Crippen LogP contribution in [0.3, 0.4) is 0 Å². The van der Waals surface area contributed by atoms with Crippen molar-refractivity contribution in [1.82, 2.24) is 24.5 Å². The Morgan fingerprint density at radius 3 is 2.91 bits per heavy atom. The number of nitrogens with zero attached hydrogens (tertiary/aromatic N) is 5. The van der Waals surface area contributed by atoms with Crippen molar-refractivity contribution in [1.29, 1.82) is 0 Å². The molecule has 1 aliphatic rings. The third-order valence-corrected chi connectivity index (χ3v) is 5.58. The Kier molecular flexibility index (Phi) is 7.16. The van der Waals surface area contributed by atoms with Crippen molar-refractivity contribution in [3.8, 4) is 5.88 Å². The maximum atomic E-state index is 12.2. The van der Waals surface area contributed by atoms with E-state index in [-0.39, 0.29) is 37.1 Å². The van der Waals surface area contributed by atoms with Crippen molar-refractivity contribution in [2.75, 3.05) is 18.9 Å². The fourth-order valence-corrected chi connectivity index (χ4v) is 3.84. The lowest BCUT2D eigenvalue weighted by atomic mass is 10.1. The van der Waals surface area contributed by atoms with Gasteiger partial charge >= 0.3 is 7.82 Å². The van der Waals surface area contributed by atoms with Gasteiger partial charge in [-0.2, -0.15) is 9.97 Å². The number of anilines is 1. The van der Waals surface area contributed by atoms with Crippen LogP contribution in [0.5, 0.6) is 5.88 Å². The number of aliphatic hydroxyl groups is 1. The third-order valence-electron chi connectivity index (χ3n) is 5.10. The zero-order chi connectivity index (χ0) is 24.3. The van der Waals surface area contributed by atoms with Gasteiger partial charge in [0.15, 0.2) is 16.9 Å². The summed E-state index contributed by atoms with van der Waals surface area (Å²) >= 11 is 0. The minimum Gasteiger partial charge on any atom is -0.476 e. The van der Waals surface area contributed by atoms with E-state index in [2.05, 4.69) is 24.5 Å². The Hall–Kier alpha value is -3.00. The molecule has 5 N–H and O–H groups in total. The molecule has 182 valence electrons. The number of rotatable bonds is 10. The number of fused-ring (bicyclic) bond motifs is 1. The minimum atomic E-state index is -4.70. The van der Waals surface area contributed by atoms with Crippen LogP contribution in [0.4, 0.5) is 5.95 Å². The van der Waals surface area contributed by atoms with Crippen LogP contribution in [0.1, 0.15) is 35.8 Å². The number of ketones is 1. The van der Waals surface area contributed by atoms with E-state index in [4.69, 9.17) is 25.0 Å². The highest BCUT2D eigenvalue weighted by Gasteiger charge is 2.37. The maximum Gasteiger partial charge on any atom is 0.469 e. The van der Waals surface area contributed by atoms with E-state index in [1.165, 1.54) is 17.1 Å². The second-order valence-electron chi connectivity index (χ2n) is 7.55. The number of Topliss-reactive ketones (excluding diaryl/α,β-unsaturated/α-hetero) is 1. The predicted molar refractivity (Wildman–Crippen MR) is 116 cm³/mol. The van der Waals surface area contributed by atoms with Crippen molar-refractivity contribution in [2.45, 2.75) is 37.7 Å². The summed E-state index contributed by atoms with van der Waals surface area (Å²) in [5.74, 6) is 0.00756. The summed E-state index contributed by atoms with van der Waals surface area (Å²) in [6, 6.07) is 3.39. The molecule has 0 saturated carbocycles. The summed E-state index contributed by atoms with van der Waals surface area (Å²) in [6.45, 7) is -0.303. The highest BCUT2D eigenvalue weighted by molar-refractivity contribution is 7.46. The van der Waals surface area contributed by atoms with Crippen molar-refractivity contribution < 1.29 is 38.3 Å². The predicted octanol–water partition coefficient (Wildman–Crippen LogP) is 0.603. The van der Waals surface area contributed by atoms with Gasteiger partial charge in [0.1, 0.15) is 12.3 Å². The van der Waals surface area contributed by atoms with E-state index in [1.807, 2.05) is 0 Å². The van der Waals surface area contributed by atoms with Crippen LogP contribution in [0.2, 0.25) is 0 Å². The molecular weight excluding hydrogens is 471 g/mol. The van der Waals surface area contributed by atoms with E-state index in [0.29, 0.717) is 23.1 Å². The van der Waals surface area contributed by atoms with Gasteiger partial charge in [-0.3, -0.25) is 18.9 Å². The Bertz CT molecular complexity index is 1200. The number of aromatic nitrogens is 5. The molecule has 3 aromatic heterocycles. The molecular formula is C19H23N6O8P. The Balaban J connectivity index is 1.41. The Labute approximate surface area is 193 Å². The molecule has 14 nitrogen and oxygen atoms in total. The first-order valence-corrected chi connectivity index (χ1v) is 11.8. The zero-order valence-electron chi connectivity index (χ0n) is 17.8. The van der Waals surface area contributed by atoms with Gasteiger partial charge in [0.2, 0.25) is 11.8 Å². The molecule has 0 spiro atoms. The van der Waals surface area contributed by atoms with Crippen molar-refractivity contribution >= 4 is 30.7 Å². The molecule has 0 unspecified atom stereocenters. The summed E-state index contributed by atoms with van der Waals surface area (Å²) < 4.78 is 28.3. The average molecular weight is 494 g/mol. The van der Waals surface area contributed by atoms with Gasteiger partial charge in [-0.15, -0.1) is 0 Å². The molecule has 3 aromatic rings. The van der Waals surface area contributed by atoms with E-state index < -0.39 is 32.9 Å². The molecule has 34 heavy (non-hydrogen) atoms. The summed E-state index contributed by atoms with van der Waals surface area (Å²) in [5, 5.41) is 10.2. The second-order valence-corrected chi connectivity index (χ2v) is 8.79. The van der Waals surface area contributed by atoms with Gasteiger partial charge in [-0.05, 0) is 18.6 Å². The number of imidazole rings is 1. The number of carbonyl (C=O) groups excluding carboxylic acids is 1. The topological polar surface area (TPSA) is 205 Å². The molecule has 1 saturated heterocycles. The quantitative estimate of drug-likeness (QED) is 0.173. The summed E-state index contributed by atoms with van der Waals surface area (Å²) in [6.07, 6.45) is 2.60. The molecule has 0 aliphatic carbocycles. The van der Waals surface area contributed by atoms with Crippen LogP contribution in [-0.4, -0.2) is 70.6 Å². The van der Waals surface area contributed by atoms with Gasteiger partial charge in [-0.25, -0.2) is 9.55 Å². The summed E-state index contributed by atoms with van der Waals surface area (Å²) in [4.78, 5) is 46.4. The molecule has 0 bridgehead atoms. The molecule has 15 heteroatoms. The van der Waals surface area contributed by atoms with Gasteiger partial charge in [-0.1, -0.05) is 0 Å². The third kappa shape index (κ3) is 5.73. The Morgan fingerprint density at radius 1 is 1.35 bits per heavy atom. The fraction of sp³-hybridized carbons (Fsp3) is 0.421. The Morgan fingerprint density at radius 2 is 2.18 bits per heavy atom. The number of hydrogen-bond acceptors (Lipinski definition) is 11. The van der Waals surface area contributed by atoms with E-state index in [1.54, 1.807) is 18.3 Å². The number of nitrogens with two attached hydrogens (primary N) is 1. The number of hydrogen-bond donors (Lipinski definition) is 4. The van der Waals surface area contributed by atoms with Gasteiger partial charge in [0.25, 0.3) is 0 Å². The molecule has 4 rings (SSSR count). The number of phosphoric ester groups is 1. The first-order chi connectivity index (χ1) is 16.2. The number of nitrogen functional groups attached to an aromatic ring is 1. The van der Waals surface area contributed by atoms with Crippen LogP contribution in [-0.2, 0) is 13.8 Å².